The molecule has 0 saturated carbocycles. The van der Waals surface area contributed by atoms with Crippen LogP contribution < -0.4 is 37.2 Å². The van der Waals surface area contributed by atoms with Crippen LogP contribution in [-0.2, 0) is 24.7 Å². The van der Waals surface area contributed by atoms with Gasteiger partial charge in [-0.05, 0) is 0 Å². The van der Waals surface area contributed by atoms with Gasteiger partial charge in [0.05, 0.1) is 0 Å². The number of hydrogen-bond acceptors (Lipinski definition) is 1. The van der Waals surface area contributed by atoms with Crippen LogP contribution in [0.3, 0.4) is 0 Å². The summed E-state index contributed by atoms with van der Waals surface area (Å²) >= 11 is 7.09. The number of allylic oxidation sites excluding steroid dienone is 1. The van der Waals surface area contributed by atoms with Crippen LogP contribution in [0.5, 0.6) is 0 Å². The second-order valence-electron chi connectivity index (χ2n) is 3.36. The van der Waals surface area contributed by atoms with Crippen LogP contribution in [0.2, 0.25) is 0 Å². The number of thioether (sulfide) groups is 1. The van der Waals surface area contributed by atoms with Crippen LogP contribution in [0, 0.1) is 0 Å². The topological polar surface area (TPSA) is 0 Å². The van der Waals surface area contributed by atoms with Crippen molar-refractivity contribution in [3.8, 4) is 0 Å². The Balaban J connectivity index is 0.000000853. The van der Waals surface area contributed by atoms with Gasteiger partial charge < -0.3 is 37.2 Å². The number of hydrogen-bond donors (Lipinski definition) is 0. The average molecular weight is 448 g/mol. The molecule has 0 amide bonds. The molecule has 88 valence electrons. The quantitative estimate of drug-likeness (QED) is 0.383. The summed E-state index contributed by atoms with van der Waals surface area (Å²) in [6, 6.07) is 6.53. The van der Waals surface area contributed by atoms with E-state index in [0.717, 1.165) is 7.43 Å². The fraction of sp³-hybridized carbons (Fsp3) is 0.0909. The normalized spacial score (nSPS) is 18.9. The Kier molecular flexibility index (Phi) is 7.71. The van der Waals surface area contributed by atoms with E-state index in [9.17, 15) is 0 Å². The maximum absolute atomic E-state index is 3.51. The molecule has 0 radical (unpaired) electrons. The van der Waals surface area contributed by atoms with E-state index in [4.69, 9.17) is 0 Å². The van der Waals surface area contributed by atoms with E-state index >= 15 is 0 Å². The maximum atomic E-state index is 3.51. The first-order valence-electron chi connectivity index (χ1n) is 4.35. The molecule has 17 heavy (non-hydrogen) atoms. The van der Waals surface area contributed by atoms with E-state index in [1.165, 1.54) is 21.6 Å². The molecule has 1 aromatic carbocycles. The van der Waals surface area contributed by atoms with Crippen LogP contribution in [0.25, 0.3) is 11.6 Å². The number of fused-ring (bicyclic) bond motifs is 3. The Morgan fingerprint density at radius 1 is 1.18 bits per heavy atom. The summed E-state index contributed by atoms with van der Waals surface area (Å²) in [5, 5.41) is 0. The third kappa shape index (κ3) is 3.43. The zero-order valence-corrected chi connectivity index (χ0v) is 15.5. The van der Waals surface area contributed by atoms with E-state index < -0.39 is 0 Å². The third-order valence-electron chi connectivity index (χ3n) is 2.43. The molecule has 0 nitrogen and oxygen atoms in total. The Morgan fingerprint density at radius 3 is 2.59 bits per heavy atom. The molecule has 1 atom stereocenters. The minimum atomic E-state index is 0. The Labute approximate surface area is 147 Å². The van der Waals surface area contributed by atoms with Crippen molar-refractivity contribution in [3.05, 3.63) is 44.8 Å². The molecule has 1 unspecified atom stereocenters. The summed E-state index contributed by atoms with van der Waals surface area (Å²) in [6.07, 6.45) is 4.70. The largest absolute Gasteiger partial charge is 1.00 e. The minimum absolute atomic E-state index is 0. The van der Waals surface area contributed by atoms with E-state index in [2.05, 4.69) is 46.3 Å². The van der Waals surface area contributed by atoms with Crippen molar-refractivity contribution >= 4 is 39.3 Å². The first-order valence-corrected chi connectivity index (χ1v) is 7.45. The molecule has 6 heteroatoms. The van der Waals surface area contributed by atoms with Crippen molar-refractivity contribution in [2.24, 2.45) is 0 Å². The predicted molar refractivity (Wildman–Crippen MR) is 61.5 cm³/mol. The first kappa shape index (κ1) is 18.3. The molecule has 0 spiro atoms. The van der Waals surface area contributed by atoms with Crippen molar-refractivity contribution in [2.75, 3.05) is 0 Å². The summed E-state index contributed by atoms with van der Waals surface area (Å²) in [4.78, 5) is 1.46. The van der Waals surface area contributed by atoms with Crippen LogP contribution in [0.15, 0.2) is 33.7 Å². The summed E-state index contributed by atoms with van der Waals surface area (Å²) in [5.41, 5.74) is 4.22. The van der Waals surface area contributed by atoms with Gasteiger partial charge in [0.15, 0.2) is 0 Å². The number of benzene rings is 1. The van der Waals surface area contributed by atoms with Crippen LogP contribution in [0.4, 0.5) is 0 Å². The van der Waals surface area contributed by atoms with Gasteiger partial charge in [0.2, 0.25) is 0 Å². The molecule has 0 fully saturated rings. The first-order chi connectivity index (χ1) is 6.74. The Morgan fingerprint density at radius 2 is 1.88 bits per heavy atom. The van der Waals surface area contributed by atoms with E-state index in [1.807, 2.05) is 11.8 Å². The van der Waals surface area contributed by atoms with Crippen molar-refractivity contribution in [1.29, 1.82) is 0 Å². The van der Waals surface area contributed by atoms with E-state index in [1.54, 1.807) is 24.7 Å². The molecule has 1 aliphatic carbocycles. The molecule has 3 rings (SSSR count). The van der Waals surface area contributed by atoms with Crippen molar-refractivity contribution in [1.82, 2.24) is 0 Å². The van der Waals surface area contributed by atoms with Gasteiger partial charge in [-0.1, -0.05) is 0 Å². The van der Waals surface area contributed by atoms with Crippen LogP contribution >= 0.6 is 27.7 Å². The summed E-state index contributed by atoms with van der Waals surface area (Å²) in [6.45, 7) is 0. The fourth-order valence-electron chi connectivity index (χ4n) is 1.84. The van der Waals surface area contributed by atoms with Gasteiger partial charge in [-0.25, -0.2) is 0 Å². The van der Waals surface area contributed by atoms with Crippen molar-refractivity contribution in [2.45, 2.75) is 2.96 Å². The summed E-state index contributed by atoms with van der Waals surface area (Å²) < 4.78 is 1.89. The average Bonchev–Trinajstić information content (AvgIpc) is 2.59. The SMILES string of the molecule is Brc1ccc2c(c1)C=C1S[CH]([Zr+3])C=C12.[Cl-].[Cl-].[Cl-]. The van der Waals surface area contributed by atoms with Gasteiger partial charge in [0.1, 0.15) is 0 Å². The summed E-state index contributed by atoms with van der Waals surface area (Å²) in [5.74, 6) is 0. The van der Waals surface area contributed by atoms with Gasteiger partial charge in [-0.3, -0.25) is 0 Å². The van der Waals surface area contributed by atoms with Gasteiger partial charge in [0, 0.05) is 0 Å². The van der Waals surface area contributed by atoms with Crippen molar-refractivity contribution < 1.29 is 61.9 Å². The van der Waals surface area contributed by atoms with Gasteiger partial charge >= 0.3 is 112 Å². The Bertz CT molecular complexity index is 488. The molecule has 0 N–H and O–H groups in total. The molecule has 0 bridgehead atoms. The zero-order chi connectivity index (χ0) is 9.71. The summed E-state index contributed by atoms with van der Waals surface area (Å²) in [7, 11) is 0. The molecular formula is C11H6BrCl3SZr. The van der Waals surface area contributed by atoms with Gasteiger partial charge in [0.25, 0.3) is 0 Å². The molecule has 1 aromatic rings. The maximum Gasteiger partial charge on any atom is -1.00 e. The molecule has 0 saturated heterocycles. The van der Waals surface area contributed by atoms with Crippen LogP contribution in [0.1, 0.15) is 11.1 Å². The second-order valence-corrected chi connectivity index (χ2v) is 8.02. The molecule has 1 heterocycles. The van der Waals surface area contributed by atoms with Crippen LogP contribution in [-0.4, -0.2) is 2.96 Å². The number of rotatable bonds is 0. The smallest absolute Gasteiger partial charge is 1.00 e. The predicted octanol–water partition coefficient (Wildman–Crippen LogP) is -5.18. The monoisotopic (exact) mass is 444 g/mol. The molecular weight excluding hydrogens is 442 g/mol. The fourth-order valence-corrected chi connectivity index (χ4v) is 4.54. The van der Waals surface area contributed by atoms with Gasteiger partial charge in [-0.15, -0.1) is 0 Å². The van der Waals surface area contributed by atoms with E-state index in [0.29, 0.717) is 0 Å². The molecule has 2 aliphatic rings. The second kappa shape index (κ2) is 7.17. The standard InChI is InChI=1S/C11H6BrS.3ClH.Zr/c12-8-1-2-9-7(5-8)6-11-10(9)3-4-13-11;;;;/h1-6H;3*1H;/q;;;;+3/p-3. The minimum Gasteiger partial charge on any atom is -1.00 e. The third-order valence-corrected chi connectivity index (χ3v) is 5.18. The van der Waals surface area contributed by atoms with Crippen molar-refractivity contribution in [3.63, 3.8) is 0 Å². The van der Waals surface area contributed by atoms with Gasteiger partial charge in [-0.2, -0.15) is 0 Å². The van der Waals surface area contributed by atoms with E-state index in [-0.39, 0.29) is 37.2 Å². The molecule has 0 aromatic heterocycles. The number of halogens is 4. The zero-order valence-electron chi connectivity index (χ0n) is 8.38. The molecule has 1 aliphatic heterocycles. The Hall–Kier alpha value is 1.28.